The molecule has 0 radical (unpaired) electrons. The number of rotatable bonds is 4. The van der Waals surface area contributed by atoms with Crippen LogP contribution in [0.5, 0.6) is 11.5 Å². The van der Waals surface area contributed by atoms with Crippen molar-refractivity contribution in [2.75, 3.05) is 13.3 Å². The van der Waals surface area contributed by atoms with Crippen LogP contribution >= 0.6 is 0 Å². The Balaban J connectivity index is 1.40. The molecule has 174 valence electrons. The van der Waals surface area contributed by atoms with E-state index in [4.69, 9.17) is 9.47 Å². The minimum atomic E-state index is -0.290. The number of benzene rings is 3. The maximum atomic E-state index is 13.5. The Morgan fingerprint density at radius 1 is 1.00 bits per heavy atom. The van der Waals surface area contributed by atoms with Gasteiger partial charge in [0.2, 0.25) is 12.7 Å². The lowest BCUT2D eigenvalue weighted by molar-refractivity contribution is -0.128. The van der Waals surface area contributed by atoms with Crippen molar-refractivity contribution in [3.05, 3.63) is 101 Å². The fourth-order valence-electron chi connectivity index (χ4n) is 5.03. The zero-order chi connectivity index (χ0) is 23.9. The van der Waals surface area contributed by atoms with E-state index in [9.17, 15) is 9.59 Å². The summed E-state index contributed by atoms with van der Waals surface area (Å²) in [6.45, 7) is 2.33. The van der Waals surface area contributed by atoms with Crippen LogP contribution in [0.25, 0.3) is 17.0 Å². The third kappa shape index (κ3) is 3.77. The van der Waals surface area contributed by atoms with Crippen molar-refractivity contribution in [2.45, 2.75) is 19.4 Å². The molecule has 0 aliphatic carbocycles. The number of nitrogens with one attached hydrogen (secondary N) is 1. The highest BCUT2D eigenvalue weighted by Gasteiger charge is 2.34. The normalized spacial score (nSPS) is 16.6. The molecule has 2 aliphatic heterocycles. The molecule has 1 unspecified atom stereocenters. The van der Waals surface area contributed by atoms with E-state index in [-0.39, 0.29) is 24.5 Å². The third-order valence-corrected chi connectivity index (χ3v) is 6.74. The summed E-state index contributed by atoms with van der Waals surface area (Å²) in [7, 11) is 0. The van der Waals surface area contributed by atoms with E-state index < -0.39 is 0 Å². The minimum Gasteiger partial charge on any atom is -0.454 e. The average molecular weight is 465 g/mol. The van der Waals surface area contributed by atoms with Crippen LogP contribution in [0.4, 0.5) is 0 Å². The second-order valence-corrected chi connectivity index (χ2v) is 8.87. The number of para-hydroxylation sites is 1. The number of aromatic amines is 1. The minimum absolute atomic E-state index is 0.00294. The second-order valence-electron chi connectivity index (χ2n) is 8.87. The SMILES string of the molecule is CC(=O)c1cccc(C=CC(=O)N2CCc3c([nH]c4ccccc34)C2c2ccc3c(c2)OCO3)c1. The molecule has 6 nitrogen and oxygen atoms in total. The van der Waals surface area contributed by atoms with Gasteiger partial charge in [-0.15, -0.1) is 0 Å². The summed E-state index contributed by atoms with van der Waals surface area (Å²) >= 11 is 0. The monoisotopic (exact) mass is 464 g/mol. The van der Waals surface area contributed by atoms with Gasteiger partial charge in [-0.2, -0.15) is 0 Å². The molecule has 0 saturated carbocycles. The third-order valence-electron chi connectivity index (χ3n) is 6.74. The maximum absolute atomic E-state index is 13.5. The number of fused-ring (bicyclic) bond motifs is 4. The predicted molar refractivity (Wildman–Crippen MR) is 134 cm³/mol. The number of hydrogen-bond acceptors (Lipinski definition) is 4. The van der Waals surface area contributed by atoms with Crippen LogP contribution in [0.1, 0.15) is 45.7 Å². The number of H-pyrrole nitrogens is 1. The molecule has 3 aromatic carbocycles. The molecular formula is C29H24N2O4. The molecule has 3 heterocycles. The lowest BCUT2D eigenvalue weighted by atomic mass is 9.92. The Morgan fingerprint density at radius 2 is 1.86 bits per heavy atom. The van der Waals surface area contributed by atoms with Crippen molar-refractivity contribution in [1.82, 2.24) is 9.88 Å². The Hall–Kier alpha value is -4.32. The predicted octanol–water partition coefficient (Wildman–Crippen LogP) is 5.29. The highest BCUT2D eigenvalue weighted by atomic mass is 16.7. The van der Waals surface area contributed by atoms with Crippen molar-refractivity contribution < 1.29 is 19.1 Å². The number of nitrogens with zero attached hydrogens (tertiary/aromatic N) is 1. The summed E-state index contributed by atoms with van der Waals surface area (Å²) in [5.74, 6) is 1.31. The first-order chi connectivity index (χ1) is 17.1. The van der Waals surface area contributed by atoms with Gasteiger partial charge in [0, 0.05) is 34.8 Å². The first-order valence-electron chi connectivity index (χ1n) is 11.7. The Morgan fingerprint density at radius 3 is 2.74 bits per heavy atom. The van der Waals surface area contributed by atoms with Gasteiger partial charge in [0.25, 0.3) is 0 Å². The van der Waals surface area contributed by atoms with Crippen LogP contribution in [-0.4, -0.2) is 34.9 Å². The molecule has 6 rings (SSSR count). The Labute approximate surface area is 202 Å². The zero-order valence-corrected chi connectivity index (χ0v) is 19.3. The van der Waals surface area contributed by atoms with Crippen molar-refractivity contribution >= 4 is 28.7 Å². The van der Waals surface area contributed by atoms with E-state index in [1.807, 2.05) is 47.4 Å². The molecule has 6 heteroatoms. The summed E-state index contributed by atoms with van der Waals surface area (Å²) in [6, 6.07) is 21.1. The molecule has 1 amide bonds. The topological polar surface area (TPSA) is 71.6 Å². The molecule has 0 saturated heterocycles. The maximum Gasteiger partial charge on any atom is 0.247 e. The largest absolute Gasteiger partial charge is 0.454 e. The molecule has 2 aliphatic rings. The molecule has 4 aromatic rings. The lowest BCUT2D eigenvalue weighted by Gasteiger charge is -2.35. The smallest absolute Gasteiger partial charge is 0.247 e. The second kappa shape index (κ2) is 8.47. The van der Waals surface area contributed by atoms with Crippen LogP contribution in [0.2, 0.25) is 0 Å². The number of ether oxygens (including phenoxy) is 2. The summed E-state index contributed by atoms with van der Waals surface area (Å²) in [5, 5.41) is 1.19. The first-order valence-corrected chi connectivity index (χ1v) is 11.7. The molecule has 0 fully saturated rings. The van der Waals surface area contributed by atoms with E-state index in [1.165, 1.54) is 17.9 Å². The van der Waals surface area contributed by atoms with Crippen LogP contribution in [0.3, 0.4) is 0 Å². The highest BCUT2D eigenvalue weighted by Crippen LogP contribution is 2.42. The zero-order valence-electron chi connectivity index (χ0n) is 19.3. The van der Waals surface area contributed by atoms with Crippen LogP contribution in [0, 0.1) is 0 Å². The summed E-state index contributed by atoms with van der Waals surface area (Å²) in [5.41, 5.74) is 5.73. The molecule has 1 N–H and O–H groups in total. The quantitative estimate of drug-likeness (QED) is 0.329. The number of ketones is 1. The van der Waals surface area contributed by atoms with Crippen molar-refractivity contribution in [2.24, 2.45) is 0 Å². The van der Waals surface area contributed by atoms with Crippen molar-refractivity contribution in [1.29, 1.82) is 0 Å². The van der Waals surface area contributed by atoms with E-state index in [0.29, 0.717) is 23.6 Å². The summed E-state index contributed by atoms with van der Waals surface area (Å²) in [6.07, 6.45) is 4.12. The number of amides is 1. The van der Waals surface area contributed by atoms with E-state index in [1.54, 1.807) is 24.3 Å². The van der Waals surface area contributed by atoms with Crippen LogP contribution in [0.15, 0.2) is 72.8 Å². The molecular weight excluding hydrogens is 440 g/mol. The number of carbonyl (C=O) groups excluding carboxylic acids is 2. The average Bonchev–Trinajstić information content (AvgIpc) is 3.50. The molecule has 35 heavy (non-hydrogen) atoms. The summed E-state index contributed by atoms with van der Waals surface area (Å²) < 4.78 is 11.1. The Bertz CT molecular complexity index is 1500. The van der Waals surface area contributed by atoms with Gasteiger partial charge in [-0.05, 0) is 60.4 Å². The number of hydrogen-bond donors (Lipinski definition) is 1. The Kier molecular flexibility index (Phi) is 5.14. The van der Waals surface area contributed by atoms with Gasteiger partial charge < -0.3 is 19.4 Å². The van der Waals surface area contributed by atoms with Gasteiger partial charge in [-0.25, -0.2) is 0 Å². The molecule has 0 bridgehead atoms. The molecule has 1 atom stereocenters. The van der Waals surface area contributed by atoms with Gasteiger partial charge in [0.05, 0.1) is 6.04 Å². The summed E-state index contributed by atoms with van der Waals surface area (Å²) in [4.78, 5) is 30.7. The van der Waals surface area contributed by atoms with Crippen LogP contribution < -0.4 is 9.47 Å². The number of Topliss-reactive ketones (excluding diaryl/α,β-unsaturated/α-hetero) is 1. The molecule has 1 aromatic heterocycles. The van der Waals surface area contributed by atoms with Gasteiger partial charge in [0.15, 0.2) is 17.3 Å². The highest BCUT2D eigenvalue weighted by molar-refractivity contribution is 5.96. The van der Waals surface area contributed by atoms with E-state index >= 15 is 0 Å². The fraction of sp³-hybridized carbons (Fsp3) is 0.172. The van der Waals surface area contributed by atoms with Gasteiger partial charge in [-0.1, -0.05) is 42.5 Å². The number of carbonyl (C=O) groups is 2. The van der Waals surface area contributed by atoms with E-state index in [0.717, 1.165) is 28.8 Å². The van der Waals surface area contributed by atoms with Gasteiger partial charge >= 0.3 is 0 Å². The van der Waals surface area contributed by atoms with E-state index in [2.05, 4.69) is 17.1 Å². The van der Waals surface area contributed by atoms with Crippen molar-refractivity contribution in [3.63, 3.8) is 0 Å². The standard InChI is InChI=1S/C29H24N2O4/c1-18(32)20-6-4-5-19(15-20)9-12-27(33)31-14-13-23-22-7-2-3-8-24(22)30-28(23)29(31)21-10-11-25-26(16-21)35-17-34-25/h2-12,15-16,29-30H,13-14,17H2,1H3. The number of aromatic nitrogens is 1. The lowest BCUT2D eigenvalue weighted by Crippen LogP contribution is -2.39. The first kappa shape index (κ1) is 21.2. The van der Waals surface area contributed by atoms with Gasteiger partial charge in [-0.3, -0.25) is 9.59 Å². The van der Waals surface area contributed by atoms with Crippen molar-refractivity contribution in [3.8, 4) is 11.5 Å². The fourth-order valence-corrected chi connectivity index (χ4v) is 5.03. The molecule has 0 spiro atoms. The van der Waals surface area contributed by atoms with Gasteiger partial charge in [0.1, 0.15) is 0 Å². The van der Waals surface area contributed by atoms with Crippen LogP contribution in [-0.2, 0) is 11.2 Å².